The predicted molar refractivity (Wildman–Crippen MR) is 180 cm³/mol. The van der Waals surface area contributed by atoms with Gasteiger partial charge in [0.15, 0.2) is 11.6 Å². The van der Waals surface area contributed by atoms with Crippen LogP contribution < -0.4 is 15.8 Å². The number of aromatic amines is 1. The number of carbonyl (C=O) groups excluding carboxylic acids is 2. The number of likely N-dealkylation sites (N-methyl/N-ethyl adjacent to an activating group) is 1. The van der Waals surface area contributed by atoms with E-state index in [-0.39, 0.29) is 36.3 Å². The number of fused-ring (bicyclic) bond motifs is 5. The number of carbonyl (C=O) groups is 2. The topological polar surface area (TPSA) is 130 Å². The van der Waals surface area contributed by atoms with Gasteiger partial charge in [-0.05, 0) is 51.4 Å². The number of esters is 1. The SMILES string of the molecule is CNc1cc(F)c(F)c2c1[nH]c1ncc(-c3ccc4ccc(C(=O)OCCOC(=O)OC(C)C)c(=O)n4c3)c(N3CC[C@H]4CN(C)C[C@H]43)c12. The van der Waals surface area contributed by atoms with E-state index in [1.54, 1.807) is 45.4 Å². The molecule has 0 aliphatic carbocycles. The number of nitrogens with one attached hydrogen (secondary N) is 2. The average Bonchev–Trinajstić information content (AvgIpc) is 3.76. The molecular formula is C35H36F2N6O6. The summed E-state index contributed by atoms with van der Waals surface area (Å²) in [6, 6.07) is 7.86. The number of hydrogen-bond acceptors (Lipinski definition) is 10. The maximum atomic E-state index is 15.8. The van der Waals surface area contributed by atoms with Crippen molar-refractivity contribution in [2.45, 2.75) is 32.4 Å². The smallest absolute Gasteiger partial charge is 0.458 e. The summed E-state index contributed by atoms with van der Waals surface area (Å²) in [5.41, 5.74) is 2.84. The predicted octanol–water partition coefficient (Wildman–Crippen LogP) is 5.17. The first kappa shape index (κ1) is 32.3. The maximum absolute atomic E-state index is 15.8. The van der Waals surface area contributed by atoms with Crippen LogP contribution in [-0.2, 0) is 14.2 Å². The van der Waals surface area contributed by atoms with Crippen LogP contribution in [0.4, 0.5) is 25.0 Å². The van der Waals surface area contributed by atoms with Gasteiger partial charge in [-0.2, -0.15) is 0 Å². The largest absolute Gasteiger partial charge is 0.508 e. The fourth-order valence-electron chi connectivity index (χ4n) is 7.17. The van der Waals surface area contributed by atoms with E-state index in [9.17, 15) is 14.4 Å². The molecular weight excluding hydrogens is 638 g/mol. The van der Waals surface area contributed by atoms with Crippen molar-refractivity contribution >= 4 is 51.0 Å². The van der Waals surface area contributed by atoms with Gasteiger partial charge in [-0.1, -0.05) is 6.07 Å². The average molecular weight is 675 g/mol. The van der Waals surface area contributed by atoms with Crippen molar-refractivity contribution in [1.82, 2.24) is 19.3 Å². The number of ether oxygens (including phenoxy) is 3. The lowest BCUT2D eigenvalue weighted by molar-refractivity contribution is 0.0128. The van der Waals surface area contributed by atoms with E-state index < -0.39 is 29.3 Å². The van der Waals surface area contributed by atoms with Crippen LogP contribution in [0.3, 0.4) is 0 Å². The summed E-state index contributed by atoms with van der Waals surface area (Å²) in [7, 11) is 3.72. The van der Waals surface area contributed by atoms with Crippen molar-refractivity contribution in [3.8, 4) is 11.1 Å². The second-order valence-corrected chi connectivity index (χ2v) is 12.8. The molecule has 2 saturated heterocycles. The first-order valence-corrected chi connectivity index (χ1v) is 16.2. The van der Waals surface area contributed by atoms with Crippen LogP contribution in [0, 0.1) is 17.6 Å². The van der Waals surface area contributed by atoms with Gasteiger partial charge in [-0.25, -0.2) is 23.4 Å². The Hall–Kier alpha value is -5.24. The molecule has 0 unspecified atom stereocenters. The van der Waals surface area contributed by atoms with E-state index in [0.717, 1.165) is 25.6 Å². The zero-order valence-electron chi connectivity index (χ0n) is 27.5. The Balaban J connectivity index is 1.32. The van der Waals surface area contributed by atoms with E-state index in [2.05, 4.69) is 32.1 Å². The van der Waals surface area contributed by atoms with Gasteiger partial charge in [-0.3, -0.25) is 9.20 Å². The lowest BCUT2D eigenvalue weighted by Gasteiger charge is -2.29. The summed E-state index contributed by atoms with van der Waals surface area (Å²) in [5.74, 6) is -2.42. The summed E-state index contributed by atoms with van der Waals surface area (Å²) >= 11 is 0. The molecule has 0 amide bonds. The molecule has 0 saturated carbocycles. The second-order valence-electron chi connectivity index (χ2n) is 12.8. The van der Waals surface area contributed by atoms with Crippen molar-refractivity contribution in [2.75, 3.05) is 57.2 Å². The summed E-state index contributed by atoms with van der Waals surface area (Å²) in [4.78, 5) is 50.6. The van der Waals surface area contributed by atoms with Crippen LogP contribution in [0.25, 0.3) is 38.6 Å². The van der Waals surface area contributed by atoms with Crippen molar-refractivity contribution in [2.24, 2.45) is 5.92 Å². The van der Waals surface area contributed by atoms with Crippen molar-refractivity contribution < 1.29 is 32.6 Å². The molecule has 7 rings (SSSR count). The van der Waals surface area contributed by atoms with E-state index >= 15 is 8.78 Å². The number of H-pyrrole nitrogens is 1. The number of benzene rings is 1. The quantitative estimate of drug-likeness (QED) is 0.168. The van der Waals surface area contributed by atoms with E-state index in [1.807, 2.05) is 6.07 Å². The summed E-state index contributed by atoms with van der Waals surface area (Å²) < 4.78 is 47.1. The van der Waals surface area contributed by atoms with Crippen molar-refractivity contribution in [1.29, 1.82) is 0 Å². The van der Waals surface area contributed by atoms with E-state index in [4.69, 9.17) is 14.2 Å². The number of likely N-dealkylation sites (tertiary alicyclic amines) is 1. The number of pyridine rings is 3. The van der Waals surface area contributed by atoms with Crippen molar-refractivity contribution in [3.63, 3.8) is 0 Å². The minimum atomic E-state index is -0.979. The zero-order valence-corrected chi connectivity index (χ0v) is 27.5. The maximum Gasteiger partial charge on any atom is 0.508 e. The second kappa shape index (κ2) is 12.7. The highest BCUT2D eigenvalue weighted by Crippen LogP contribution is 2.46. The standard InChI is InChI=1S/C35H36F2N6O6/c1-18(2)49-35(46)48-12-11-47-34(45)22-8-7-21-6-5-19(16-43(21)33(22)44)23-14-39-32-28(27-29(37)24(36)13-25(38-3)30(27)40-32)31(23)42-10-9-20-15-41(4)17-26(20)42/h5-8,13-14,16,18,20,26,38H,9-12,15,17H2,1-4H3,(H,39,40)/t20-,26+/m0/s1. The van der Waals surface area contributed by atoms with Gasteiger partial charge in [0.2, 0.25) is 0 Å². The molecule has 2 aliphatic heterocycles. The molecule has 256 valence electrons. The Morgan fingerprint density at radius 3 is 2.65 bits per heavy atom. The van der Waals surface area contributed by atoms with Crippen molar-refractivity contribution in [3.05, 3.63) is 70.3 Å². The molecule has 2 fully saturated rings. The van der Waals surface area contributed by atoms with Gasteiger partial charge in [0, 0.05) is 67.8 Å². The summed E-state index contributed by atoms with van der Waals surface area (Å²) in [6.07, 6.45) is 2.99. The molecule has 0 radical (unpaired) electrons. The fraction of sp³-hybridized carbons (Fsp3) is 0.371. The third-order valence-electron chi connectivity index (χ3n) is 9.30. The molecule has 14 heteroatoms. The third-order valence-corrected chi connectivity index (χ3v) is 9.30. The van der Waals surface area contributed by atoms with E-state index in [0.29, 0.717) is 57.0 Å². The van der Waals surface area contributed by atoms with Gasteiger partial charge < -0.3 is 34.3 Å². The Labute approximate surface area is 279 Å². The molecule has 12 nitrogen and oxygen atoms in total. The number of nitrogens with zero attached hydrogens (tertiary/aromatic N) is 4. The molecule has 2 atom stereocenters. The lowest BCUT2D eigenvalue weighted by Crippen LogP contribution is -2.35. The Bertz CT molecular complexity index is 2180. The monoisotopic (exact) mass is 674 g/mol. The molecule has 5 aromatic rings. The molecule has 2 N–H and O–H groups in total. The highest BCUT2D eigenvalue weighted by molar-refractivity contribution is 6.18. The Kier molecular flexibility index (Phi) is 8.35. The van der Waals surface area contributed by atoms with Crippen LogP contribution in [0.2, 0.25) is 0 Å². The van der Waals surface area contributed by atoms with Gasteiger partial charge in [0.05, 0.1) is 33.8 Å². The minimum Gasteiger partial charge on any atom is -0.458 e. The molecule has 4 aromatic heterocycles. The van der Waals surface area contributed by atoms with Crippen LogP contribution in [0.5, 0.6) is 0 Å². The minimum absolute atomic E-state index is 0.0999. The number of anilines is 2. The molecule has 0 spiro atoms. The van der Waals surface area contributed by atoms with Gasteiger partial charge in [0.1, 0.15) is 24.4 Å². The number of aromatic nitrogens is 3. The summed E-state index contributed by atoms with van der Waals surface area (Å²) in [5, 5.41) is 3.51. The highest BCUT2D eigenvalue weighted by atomic mass is 19.2. The number of hydrogen-bond donors (Lipinski definition) is 2. The summed E-state index contributed by atoms with van der Waals surface area (Å²) in [6.45, 7) is 5.29. The van der Waals surface area contributed by atoms with Gasteiger partial charge in [-0.15, -0.1) is 0 Å². The van der Waals surface area contributed by atoms with Gasteiger partial charge in [0.25, 0.3) is 5.56 Å². The Morgan fingerprint density at radius 2 is 1.88 bits per heavy atom. The first-order chi connectivity index (χ1) is 23.5. The number of rotatable bonds is 8. The van der Waals surface area contributed by atoms with Crippen LogP contribution >= 0.6 is 0 Å². The van der Waals surface area contributed by atoms with Gasteiger partial charge >= 0.3 is 12.1 Å². The van der Waals surface area contributed by atoms with Crippen LogP contribution in [0.1, 0.15) is 30.6 Å². The highest BCUT2D eigenvalue weighted by Gasteiger charge is 2.42. The third kappa shape index (κ3) is 5.69. The van der Waals surface area contributed by atoms with Crippen LogP contribution in [-0.4, -0.2) is 90.5 Å². The Morgan fingerprint density at radius 1 is 1.10 bits per heavy atom. The molecule has 6 heterocycles. The molecule has 49 heavy (non-hydrogen) atoms. The zero-order chi connectivity index (χ0) is 34.6. The van der Waals surface area contributed by atoms with E-state index in [1.165, 1.54) is 10.5 Å². The molecule has 0 bridgehead atoms. The van der Waals surface area contributed by atoms with Crippen LogP contribution in [0.15, 0.2) is 47.5 Å². The molecule has 2 aliphatic rings. The lowest BCUT2D eigenvalue weighted by atomic mass is 10.00. The normalized spacial score (nSPS) is 17.7. The molecule has 1 aromatic carbocycles. The first-order valence-electron chi connectivity index (χ1n) is 16.2. The fourth-order valence-corrected chi connectivity index (χ4v) is 7.17. The number of halogens is 2.